The lowest BCUT2D eigenvalue weighted by molar-refractivity contribution is -0.143. The van der Waals surface area contributed by atoms with Crippen molar-refractivity contribution in [1.82, 2.24) is 4.90 Å². The van der Waals surface area contributed by atoms with Crippen LogP contribution < -0.4 is 0 Å². The van der Waals surface area contributed by atoms with Gasteiger partial charge in [-0.2, -0.15) is 12.6 Å². The maximum absolute atomic E-state index is 11.1. The van der Waals surface area contributed by atoms with Crippen molar-refractivity contribution >= 4 is 28.4 Å². The number of hydrogen-bond acceptors (Lipinski definition) is 6. The summed E-state index contributed by atoms with van der Waals surface area (Å²) in [6.07, 6.45) is 0.317. The molecule has 0 amide bonds. The number of rotatable bonds is 5. The molecule has 16 heavy (non-hydrogen) atoms. The number of carbonyl (C=O) groups excluding carboxylic acids is 1. The lowest BCUT2D eigenvalue weighted by Crippen LogP contribution is -2.41. The topological polar surface area (TPSA) is 63.7 Å². The fraction of sp³-hybridized carbons (Fsp3) is 0.889. The average Bonchev–Trinajstić information content (AvgIpc) is 2.21. The van der Waals surface area contributed by atoms with Crippen LogP contribution in [0.4, 0.5) is 0 Å². The summed E-state index contributed by atoms with van der Waals surface area (Å²) in [6, 6.07) is 0. The van der Waals surface area contributed by atoms with Gasteiger partial charge in [0.2, 0.25) is 0 Å². The Morgan fingerprint density at radius 3 is 2.50 bits per heavy atom. The zero-order valence-electron chi connectivity index (χ0n) is 9.09. The van der Waals surface area contributed by atoms with Crippen molar-refractivity contribution in [1.29, 1.82) is 0 Å². The van der Waals surface area contributed by atoms with Crippen LogP contribution in [0.25, 0.3) is 0 Å². The molecular formula is C9H17NO4S2. The van der Waals surface area contributed by atoms with Gasteiger partial charge in [-0.3, -0.25) is 9.69 Å². The molecule has 1 rings (SSSR count). The normalized spacial score (nSPS) is 20.6. The second-order valence-electron chi connectivity index (χ2n) is 3.69. The van der Waals surface area contributed by atoms with E-state index in [0.717, 1.165) is 0 Å². The Labute approximate surface area is 101 Å². The van der Waals surface area contributed by atoms with Gasteiger partial charge < -0.3 is 4.74 Å². The molecule has 7 heteroatoms. The zero-order valence-corrected chi connectivity index (χ0v) is 10.8. The van der Waals surface area contributed by atoms with Gasteiger partial charge in [0.15, 0.2) is 9.84 Å². The Morgan fingerprint density at radius 2 is 1.94 bits per heavy atom. The summed E-state index contributed by atoms with van der Waals surface area (Å²) in [4.78, 5) is 13.0. The van der Waals surface area contributed by atoms with Gasteiger partial charge in [0.25, 0.3) is 0 Å². The van der Waals surface area contributed by atoms with Crippen molar-refractivity contribution in [2.45, 2.75) is 6.42 Å². The first-order chi connectivity index (χ1) is 7.53. The minimum atomic E-state index is -2.83. The summed E-state index contributed by atoms with van der Waals surface area (Å²) in [5.41, 5.74) is 0. The summed E-state index contributed by atoms with van der Waals surface area (Å²) in [6.45, 7) is 2.00. The van der Waals surface area contributed by atoms with Crippen molar-refractivity contribution in [2.24, 2.45) is 0 Å². The van der Waals surface area contributed by atoms with Gasteiger partial charge in [0, 0.05) is 25.4 Å². The van der Waals surface area contributed by atoms with Crippen LogP contribution >= 0.6 is 12.6 Å². The van der Waals surface area contributed by atoms with Gasteiger partial charge in [0.05, 0.1) is 17.9 Å². The van der Waals surface area contributed by atoms with E-state index in [2.05, 4.69) is 12.6 Å². The van der Waals surface area contributed by atoms with Crippen molar-refractivity contribution in [3.8, 4) is 0 Å². The Bertz CT molecular complexity index is 314. The molecule has 0 aromatic carbocycles. The number of carbonyl (C=O) groups is 1. The van der Waals surface area contributed by atoms with Crippen LogP contribution in [-0.4, -0.2) is 62.8 Å². The Kier molecular flexibility index (Phi) is 5.57. The second kappa shape index (κ2) is 6.46. The first-order valence-electron chi connectivity index (χ1n) is 5.23. The van der Waals surface area contributed by atoms with Crippen molar-refractivity contribution < 1.29 is 17.9 Å². The van der Waals surface area contributed by atoms with E-state index in [1.165, 1.54) is 0 Å². The quantitative estimate of drug-likeness (QED) is 0.541. The van der Waals surface area contributed by atoms with Crippen molar-refractivity contribution in [3.63, 3.8) is 0 Å². The minimum absolute atomic E-state index is 0.206. The summed E-state index contributed by atoms with van der Waals surface area (Å²) < 4.78 is 27.2. The second-order valence-corrected chi connectivity index (χ2v) is 6.44. The molecule has 0 aliphatic carbocycles. The molecule has 0 aromatic rings. The van der Waals surface area contributed by atoms with Crippen LogP contribution in [-0.2, 0) is 19.4 Å². The molecule has 0 unspecified atom stereocenters. The van der Waals surface area contributed by atoms with Crippen LogP contribution in [0.5, 0.6) is 0 Å². The lowest BCUT2D eigenvalue weighted by atomic mass is 10.4. The molecule has 1 aliphatic rings. The summed E-state index contributed by atoms with van der Waals surface area (Å²) in [5.74, 6) is 0.648. The monoisotopic (exact) mass is 267 g/mol. The molecule has 0 aromatic heterocycles. The number of thiol groups is 1. The summed E-state index contributed by atoms with van der Waals surface area (Å²) in [5, 5.41) is 0. The standard InChI is InChI=1S/C9H17NO4S2/c11-9(1-6-15)14-5-2-10-3-7-16(12,13)8-4-10/h15H,1-8H2. The van der Waals surface area contributed by atoms with Crippen LogP contribution in [0.2, 0.25) is 0 Å². The highest BCUT2D eigenvalue weighted by molar-refractivity contribution is 7.91. The number of esters is 1. The third-order valence-corrected chi connectivity index (χ3v) is 4.26. The smallest absolute Gasteiger partial charge is 0.306 e. The molecule has 1 saturated heterocycles. The summed E-state index contributed by atoms with van der Waals surface area (Å²) >= 11 is 3.92. The van der Waals surface area contributed by atoms with E-state index in [9.17, 15) is 13.2 Å². The lowest BCUT2D eigenvalue weighted by Gasteiger charge is -2.25. The molecule has 94 valence electrons. The molecule has 0 atom stereocenters. The van der Waals surface area contributed by atoms with Crippen molar-refractivity contribution in [3.05, 3.63) is 0 Å². The van der Waals surface area contributed by atoms with E-state index < -0.39 is 9.84 Å². The van der Waals surface area contributed by atoms with Crippen molar-refractivity contribution in [2.75, 3.05) is 43.5 Å². The SMILES string of the molecule is O=C(CCS)OCCN1CCS(=O)(=O)CC1. The highest BCUT2D eigenvalue weighted by atomic mass is 32.2. The van der Waals surface area contributed by atoms with E-state index in [-0.39, 0.29) is 17.5 Å². The van der Waals surface area contributed by atoms with Gasteiger partial charge in [0.1, 0.15) is 6.61 Å². The van der Waals surface area contributed by atoms with E-state index >= 15 is 0 Å². The first-order valence-corrected chi connectivity index (χ1v) is 7.68. The molecule has 0 spiro atoms. The highest BCUT2D eigenvalue weighted by Gasteiger charge is 2.21. The highest BCUT2D eigenvalue weighted by Crippen LogP contribution is 2.03. The molecule has 0 N–H and O–H groups in total. The largest absolute Gasteiger partial charge is 0.464 e. The first kappa shape index (κ1) is 13.8. The number of ether oxygens (including phenoxy) is 1. The third-order valence-electron chi connectivity index (χ3n) is 2.42. The van der Waals surface area contributed by atoms with Gasteiger partial charge in [-0.15, -0.1) is 0 Å². The Hall–Kier alpha value is -0.270. The number of hydrogen-bond donors (Lipinski definition) is 1. The van der Waals surface area contributed by atoms with E-state index in [0.29, 0.717) is 38.4 Å². The van der Waals surface area contributed by atoms with Crippen LogP contribution in [0.1, 0.15) is 6.42 Å². The maximum atomic E-state index is 11.1. The molecule has 1 fully saturated rings. The van der Waals surface area contributed by atoms with Gasteiger partial charge in [-0.1, -0.05) is 0 Å². The maximum Gasteiger partial charge on any atom is 0.306 e. The fourth-order valence-electron chi connectivity index (χ4n) is 1.43. The van der Waals surface area contributed by atoms with E-state index in [1.807, 2.05) is 4.90 Å². The molecule has 5 nitrogen and oxygen atoms in total. The predicted octanol–water partition coefficient (Wildman–Crippen LogP) is -0.420. The van der Waals surface area contributed by atoms with Gasteiger partial charge >= 0.3 is 5.97 Å². The van der Waals surface area contributed by atoms with Crippen LogP contribution in [0, 0.1) is 0 Å². The fourth-order valence-corrected chi connectivity index (χ4v) is 2.89. The minimum Gasteiger partial charge on any atom is -0.464 e. The number of nitrogens with zero attached hydrogens (tertiary/aromatic N) is 1. The van der Waals surface area contributed by atoms with E-state index in [4.69, 9.17) is 4.74 Å². The molecule has 1 aliphatic heterocycles. The zero-order chi connectivity index (χ0) is 12.0. The van der Waals surface area contributed by atoms with Gasteiger partial charge in [-0.25, -0.2) is 8.42 Å². The predicted molar refractivity (Wildman–Crippen MR) is 64.5 cm³/mol. The Morgan fingerprint density at radius 1 is 1.31 bits per heavy atom. The van der Waals surface area contributed by atoms with E-state index in [1.54, 1.807) is 0 Å². The molecule has 0 saturated carbocycles. The Balaban J connectivity index is 2.13. The molecule has 0 radical (unpaired) electrons. The molecule has 1 heterocycles. The third kappa shape index (κ3) is 5.18. The van der Waals surface area contributed by atoms with Crippen LogP contribution in [0.15, 0.2) is 0 Å². The molecule has 0 bridgehead atoms. The number of sulfone groups is 1. The average molecular weight is 267 g/mol. The van der Waals surface area contributed by atoms with Gasteiger partial charge in [-0.05, 0) is 0 Å². The van der Waals surface area contributed by atoms with Crippen LogP contribution in [0.3, 0.4) is 0 Å². The molecular weight excluding hydrogens is 250 g/mol. The summed E-state index contributed by atoms with van der Waals surface area (Å²) in [7, 11) is -2.83.